The minimum absolute atomic E-state index is 0.217. The van der Waals surface area contributed by atoms with E-state index in [1.54, 1.807) is 0 Å². The normalized spacial score (nSPS) is 14.6. The summed E-state index contributed by atoms with van der Waals surface area (Å²) in [5.74, 6) is 0.941. The fourth-order valence-electron chi connectivity index (χ4n) is 2.84. The molecule has 2 atom stereocenters. The molecule has 0 aromatic heterocycles. The molecular weight excluding hydrogens is 278 g/mol. The number of aliphatic hydroxyl groups is 2. The van der Waals surface area contributed by atoms with E-state index in [9.17, 15) is 10.2 Å². The second kappa shape index (κ2) is 9.82. The minimum Gasteiger partial charge on any atom is -0.488 e. The maximum Gasteiger partial charge on any atom is 0.124 e. The summed E-state index contributed by atoms with van der Waals surface area (Å²) in [7, 11) is 0. The third-order valence-corrected chi connectivity index (χ3v) is 4.18. The Morgan fingerprint density at radius 1 is 1.05 bits per heavy atom. The standard InChI is InChI=1S/C18H31NO3/c1-3-5-10-15(9-4-2)17(18(19,13-20)14-21)22-16-11-7-6-8-12-16/h6-8,11-12,15,17,20-21H,3-5,9-10,13-14,19H2,1-2H3. The molecule has 0 heterocycles. The Balaban J connectivity index is 3.01. The van der Waals surface area contributed by atoms with Crippen LogP contribution in [-0.2, 0) is 0 Å². The van der Waals surface area contributed by atoms with Crippen LogP contribution in [-0.4, -0.2) is 35.1 Å². The summed E-state index contributed by atoms with van der Waals surface area (Å²) < 4.78 is 6.13. The third kappa shape index (κ3) is 5.27. The van der Waals surface area contributed by atoms with Crippen molar-refractivity contribution < 1.29 is 14.9 Å². The molecule has 1 aromatic carbocycles. The third-order valence-electron chi connectivity index (χ3n) is 4.18. The molecule has 0 spiro atoms. The number of hydrogen-bond acceptors (Lipinski definition) is 4. The van der Waals surface area contributed by atoms with Gasteiger partial charge in [0.05, 0.1) is 18.8 Å². The molecule has 0 amide bonds. The number of aliphatic hydroxyl groups excluding tert-OH is 2. The van der Waals surface area contributed by atoms with E-state index in [4.69, 9.17) is 10.5 Å². The van der Waals surface area contributed by atoms with Gasteiger partial charge in [-0.05, 0) is 30.9 Å². The first-order valence-corrected chi connectivity index (χ1v) is 8.33. The van der Waals surface area contributed by atoms with Crippen LogP contribution in [0.5, 0.6) is 5.75 Å². The average Bonchev–Trinajstić information content (AvgIpc) is 2.57. The van der Waals surface area contributed by atoms with Gasteiger partial charge >= 0.3 is 0 Å². The van der Waals surface area contributed by atoms with Crippen LogP contribution < -0.4 is 10.5 Å². The van der Waals surface area contributed by atoms with Gasteiger partial charge in [-0.25, -0.2) is 0 Å². The lowest BCUT2D eigenvalue weighted by molar-refractivity contribution is -0.0142. The van der Waals surface area contributed by atoms with Crippen molar-refractivity contribution in [3.63, 3.8) is 0 Å². The van der Waals surface area contributed by atoms with E-state index < -0.39 is 11.6 Å². The minimum atomic E-state index is -1.14. The fraction of sp³-hybridized carbons (Fsp3) is 0.667. The average molecular weight is 309 g/mol. The fourth-order valence-corrected chi connectivity index (χ4v) is 2.84. The number of unbranched alkanes of at least 4 members (excludes halogenated alkanes) is 1. The number of rotatable bonds is 11. The van der Waals surface area contributed by atoms with Crippen LogP contribution in [0.4, 0.5) is 0 Å². The molecule has 0 saturated heterocycles. The summed E-state index contributed by atoms with van der Waals surface area (Å²) in [4.78, 5) is 0. The Labute approximate surface area is 134 Å². The summed E-state index contributed by atoms with van der Waals surface area (Å²) in [6, 6.07) is 9.50. The zero-order chi connectivity index (χ0) is 16.4. The molecule has 4 heteroatoms. The van der Waals surface area contributed by atoms with Crippen LogP contribution in [0.1, 0.15) is 46.0 Å². The Kier molecular flexibility index (Phi) is 8.46. The maximum absolute atomic E-state index is 9.71. The molecule has 126 valence electrons. The number of ether oxygens (including phenoxy) is 1. The van der Waals surface area contributed by atoms with Crippen LogP contribution in [0.15, 0.2) is 30.3 Å². The second-order valence-corrected chi connectivity index (χ2v) is 6.09. The molecule has 0 saturated carbocycles. The first-order valence-electron chi connectivity index (χ1n) is 8.33. The highest BCUT2D eigenvalue weighted by atomic mass is 16.5. The molecule has 1 rings (SSSR count). The van der Waals surface area contributed by atoms with Gasteiger partial charge in [-0.3, -0.25) is 0 Å². The summed E-state index contributed by atoms with van der Waals surface area (Å²) in [5, 5.41) is 19.4. The van der Waals surface area contributed by atoms with Crippen molar-refractivity contribution in [2.75, 3.05) is 13.2 Å². The van der Waals surface area contributed by atoms with E-state index in [2.05, 4.69) is 13.8 Å². The Hall–Kier alpha value is -1.10. The van der Waals surface area contributed by atoms with E-state index in [1.807, 2.05) is 30.3 Å². The highest BCUT2D eigenvalue weighted by molar-refractivity contribution is 5.22. The molecule has 0 radical (unpaired) electrons. The van der Waals surface area contributed by atoms with Gasteiger partial charge in [0, 0.05) is 0 Å². The molecule has 4 N–H and O–H groups in total. The van der Waals surface area contributed by atoms with Crippen LogP contribution in [0.3, 0.4) is 0 Å². The van der Waals surface area contributed by atoms with Crippen LogP contribution in [0.25, 0.3) is 0 Å². The number of benzene rings is 1. The van der Waals surface area contributed by atoms with Gasteiger partial charge in [-0.1, -0.05) is 51.3 Å². The maximum atomic E-state index is 9.71. The molecule has 0 fully saturated rings. The molecule has 0 aliphatic carbocycles. The van der Waals surface area contributed by atoms with Gasteiger partial charge in [0.25, 0.3) is 0 Å². The summed E-state index contributed by atoms with van der Waals surface area (Å²) in [5.41, 5.74) is 5.13. The Morgan fingerprint density at radius 2 is 1.68 bits per heavy atom. The highest BCUT2D eigenvalue weighted by Crippen LogP contribution is 2.29. The molecular formula is C18H31NO3. The predicted molar refractivity (Wildman–Crippen MR) is 89.9 cm³/mol. The lowest BCUT2D eigenvalue weighted by atomic mass is 9.80. The van der Waals surface area contributed by atoms with Gasteiger partial charge in [-0.2, -0.15) is 0 Å². The van der Waals surface area contributed by atoms with Crippen LogP contribution in [0, 0.1) is 5.92 Å². The topological polar surface area (TPSA) is 75.7 Å². The molecule has 22 heavy (non-hydrogen) atoms. The van der Waals surface area contributed by atoms with E-state index in [-0.39, 0.29) is 19.1 Å². The molecule has 4 nitrogen and oxygen atoms in total. The van der Waals surface area contributed by atoms with Crippen molar-refractivity contribution in [2.45, 2.75) is 57.6 Å². The van der Waals surface area contributed by atoms with Gasteiger partial charge in [0.2, 0.25) is 0 Å². The zero-order valence-electron chi connectivity index (χ0n) is 13.9. The highest BCUT2D eigenvalue weighted by Gasteiger charge is 2.40. The van der Waals surface area contributed by atoms with Crippen LogP contribution >= 0.6 is 0 Å². The Bertz CT molecular complexity index is 393. The molecule has 0 aliphatic rings. The smallest absolute Gasteiger partial charge is 0.124 e. The first-order chi connectivity index (χ1) is 10.6. The number of nitrogens with two attached hydrogens (primary N) is 1. The lowest BCUT2D eigenvalue weighted by Crippen LogP contribution is -2.61. The lowest BCUT2D eigenvalue weighted by Gasteiger charge is -2.39. The van der Waals surface area contributed by atoms with Crippen molar-refractivity contribution >= 4 is 0 Å². The van der Waals surface area contributed by atoms with Crippen molar-refractivity contribution in [3.05, 3.63) is 30.3 Å². The van der Waals surface area contributed by atoms with Gasteiger partial charge in [0.1, 0.15) is 11.9 Å². The summed E-state index contributed by atoms with van der Waals surface area (Å²) >= 11 is 0. The monoisotopic (exact) mass is 309 g/mol. The number of para-hydroxylation sites is 1. The summed E-state index contributed by atoms with van der Waals surface area (Å²) in [6.07, 6.45) is 4.77. The van der Waals surface area contributed by atoms with Gasteiger partial charge in [0.15, 0.2) is 0 Å². The Morgan fingerprint density at radius 3 is 2.18 bits per heavy atom. The summed E-state index contributed by atoms with van der Waals surface area (Å²) in [6.45, 7) is 3.69. The largest absolute Gasteiger partial charge is 0.488 e. The number of hydrogen-bond donors (Lipinski definition) is 3. The van der Waals surface area contributed by atoms with Gasteiger partial charge in [-0.15, -0.1) is 0 Å². The SMILES string of the molecule is CCCCC(CCC)C(Oc1ccccc1)C(N)(CO)CO. The van der Waals surface area contributed by atoms with Crippen molar-refractivity contribution in [2.24, 2.45) is 11.7 Å². The van der Waals surface area contributed by atoms with E-state index in [1.165, 1.54) is 0 Å². The van der Waals surface area contributed by atoms with Gasteiger partial charge < -0.3 is 20.7 Å². The van der Waals surface area contributed by atoms with Crippen molar-refractivity contribution in [3.8, 4) is 5.75 Å². The molecule has 1 aromatic rings. The second-order valence-electron chi connectivity index (χ2n) is 6.09. The van der Waals surface area contributed by atoms with E-state index in [0.717, 1.165) is 37.9 Å². The van der Waals surface area contributed by atoms with Crippen LogP contribution in [0.2, 0.25) is 0 Å². The van der Waals surface area contributed by atoms with Crippen molar-refractivity contribution in [1.82, 2.24) is 0 Å². The van der Waals surface area contributed by atoms with E-state index >= 15 is 0 Å². The van der Waals surface area contributed by atoms with Crippen molar-refractivity contribution in [1.29, 1.82) is 0 Å². The zero-order valence-corrected chi connectivity index (χ0v) is 13.9. The molecule has 2 unspecified atom stereocenters. The predicted octanol–water partition coefficient (Wildman–Crippen LogP) is 2.72. The first kappa shape index (κ1) is 18.9. The molecule has 0 aliphatic heterocycles. The quantitative estimate of drug-likeness (QED) is 0.587. The molecule has 0 bridgehead atoms. The van der Waals surface area contributed by atoms with E-state index in [0.29, 0.717) is 0 Å².